The fourth-order valence-corrected chi connectivity index (χ4v) is 0.655. The molecule has 0 fully saturated rings. The monoisotopic (exact) mass is 137 g/mol. The molecule has 1 aliphatic heterocycles. The lowest BCUT2D eigenvalue weighted by atomic mass is 10.2. The predicted octanol–water partition coefficient (Wildman–Crippen LogP) is 0.569. The molecule has 1 N–H and O–H groups in total. The molecule has 0 spiro atoms. The summed E-state index contributed by atoms with van der Waals surface area (Å²) in [6.07, 6.45) is 4.62. The van der Waals surface area contributed by atoms with E-state index < -0.39 is 5.97 Å². The van der Waals surface area contributed by atoms with Gasteiger partial charge < -0.3 is 10.0 Å². The highest BCUT2D eigenvalue weighted by atomic mass is 16.4. The van der Waals surface area contributed by atoms with Crippen molar-refractivity contribution in [3.8, 4) is 0 Å². The average Bonchev–Trinajstić information content (AvgIpc) is 1.88. The Balaban J connectivity index is 2.91. The first kappa shape index (κ1) is 6.65. The van der Waals surface area contributed by atoms with E-state index in [-0.39, 0.29) is 5.57 Å². The topological polar surface area (TPSA) is 40.5 Å². The van der Waals surface area contributed by atoms with Gasteiger partial charge in [0.15, 0.2) is 0 Å². The maximum Gasteiger partial charge on any atom is 0.337 e. The molecule has 10 heavy (non-hydrogen) atoms. The van der Waals surface area contributed by atoms with Crippen molar-refractivity contribution in [2.24, 2.45) is 0 Å². The minimum absolute atomic E-state index is 0.255. The largest absolute Gasteiger partial charge is 0.478 e. The van der Waals surface area contributed by atoms with Crippen LogP contribution >= 0.6 is 0 Å². The van der Waals surface area contributed by atoms with Gasteiger partial charge in [-0.05, 0) is 6.08 Å². The van der Waals surface area contributed by atoms with E-state index in [9.17, 15) is 4.79 Å². The van der Waals surface area contributed by atoms with Crippen molar-refractivity contribution < 1.29 is 9.90 Å². The quantitative estimate of drug-likeness (QED) is 0.537. The van der Waals surface area contributed by atoms with Gasteiger partial charge in [0.25, 0.3) is 0 Å². The van der Waals surface area contributed by atoms with Gasteiger partial charge in [0.1, 0.15) is 0 Å². The van der Waals surface area contributed by atoms with E-state index in [4.69, 9.17) is 5.11 Å². The van der Waals surface area contributed by atoms with E-state index in [1.165, 1.54) is 12.3 Å². The van der Waals surface area contributed by atoms with E-state index in [0.29, 0.717) is 0 Å². The Bertz CT molecular complexity index is 246. The van der Waals surface area contributed by atoms with Crippen molar-refractivity contribution >= 4 is 5.97 Å². The van der Waals surface area contributed by atoms with Gasteiger partial charge in [0, 0.05) is 19.4 Å². The number of hydrogen-bond acceptors (Lipinski definition) is 2. The Hall–Kier alpha value is -1.47. The van der Waals surface area contributed by atoms with Gasteiger partial charge in [0.2, 0.25) is 0 Å². The van der Waals surface area contributed by atoms with Gasteiger partial charge in [-0.15, -0.1) is 5.73 Å². The van der Waals surface area contributed by atoms with Gasteiger partial charge >= 0.3 is 5.97 Å². The number of rotatable bonds is 1. The molecule has 0 aromatic rings. The minimum atomic E-state index is -0.924. The van der Waals surface area contributed by atoms with Crippen LogP contribution in [0, 0.1) is 0 Å². The molecule has 52 valence electrons. The van der Waals surface area contributed by atoms with E-state index in [1.54, 1.807) is 18.1 Å². The third-order valence-corrected chi connectivity index (χ3v) is 1.11. The highest BCUT2D eigenvalue weighted by Gasteiger charge is 2.04. The zero-order valence-corrected chi connectivity index (χ0v) is 5.53. The number of carboxylic acid groups (broad SMARTS) is 1. The van der Waals surface area contributed by atoms with E-state index in [2.05, 4.69) is 5.73 Å². The van der Waals surface area contributed by atoms with Gasteiger partial charge in [-0.3, -0.25) is 0 Å². The molecule has 0 amide bonds. The molecule has 0 aromatic carbocycles. The van der Waals surface area contributed by atoms with Gasteiger partial charge in [-0.2, -0.15) is 0 Å². The number of hydrogen-bond donors (Lipinski definition) is 1. The second-order valence-electron chi connectivity index (χ2n) is 2.00. The molecule has 0 atom stereocenters. The number of nitrogens with zero attached hydrogens (tertiary/aromatic N) is 1. The molecule has 0 unspecified atom stereocenters. The maximum atomic E-state index is 10.3. The molecule has 0 bridgehead atoms. The number of carboxylic acids is 1. The fourth-order valence-electron chi connectivity index (χ4n) is 0.655. The molecule has 3 nitrogen and oxygen atoms in total. The summed E-state index contributed by atoms with van der Waals surface area (Å²) in [6.45, 7) is 0. The summed E-state index contributed by atoms with van der Waals surface area (Å²) < 4.78 is 0. The van der Waals surface area contributed by atoms with Crippen LogP contribution in [0.5, 0.6) is 0 Å². The Labute approximate surface area is 58.6 Å². The van der Waals surface area contributed by atoms with Crippen LogP contribution in [0.15, 0.2) is 29.8 Å². The molecular weight excluding hydrogens is 130 g/mol. The number of carbonyl (C=O) groups is 1. The molecule has 1 heterocycles. The van der Waals surface area contributed by atoms with Crippen LogP contribution in [0.25, 0.3) is 0 Å². The standard InChI is InChI=1S/C7H7NO2/c1-8-4-2-3-6(5-8)7(9)10/h3-5H,1H3,(H,9,10). The zero-order chi connectivity index (χ0) is 7.56. The smallest absolute Gasteiger partial charge is 0.337 e. The maximum absolute atomic E-state index is 10.3. The Morgan fingerprint density at radius 2 is 2.50 bits per heavy atom. The molecule has 0 radical (unpaired) electrons. The fraction of sp³-hybridized carbons (Fsp3) is 0.143. The van der Waals surface area contributed by atoms with Gasteiger partial charge in [0.05, 0.1) is 5.57 Å². The Morgan fingerprint density at radius 1 is 1.80 bits per heavy atom. The summed E-state index contributed by atoms with van der Waals surface area (Å²) in [4.78, 5) is 12.0. The SMILES string of the molecule is CN1C=C=CC(C(=O)O)=C1. The zero-order valence-electron chi connectivity index (χ0n) is 5.53. The van der Waals surface area contributed by atoms with Crippen LogP contribution < -0.4 is 0 Å². The summed E-state index contributed by atoms with van der Waals surface area (Å²) in [5.41, 5.74) is 2.95. The van der Waals surface area contributed by atoms with Gasteiger partial charge in [-0.1, -0.05) is 0 Å². The second-order valence-corrected chi connectivity index (χ2v) is 2.00. The van der Waals surface area contributed by atoms with Crippen LogP contribution in [0.1, 0.15) is 0 Å². The molecule has 3 heteroatoms. The van der Waals surface area contributed by atoms with Crippen LogP contribution in [-0.4, -0.2) is 23.0 Å². The normalized spacial score (nSPS) is 15.3. The highest BCUT2D eigenvalue weighted by molar-refractivity contribution is 5.89. The van der Waals surface area contributed by atoms with Crippen LogP contribution in [0.3, 0.4) is 0 Å². The van der Waals surface area contributed by atoms with Crippen LogP contribution in [0.2, 0.25) is 0 Å². The number of aliphatic carboxylic acids is 1. The lowest BCUT2D eigenvalue weighted by Gasteiger charge is -2.08. The third kappa shape index (κ3) is 1.27. The molecule has 0 saturated carbocycles. The van der Waals surface area contributed by atoms with Crippen molar-refractivity contribution in [1.82, 2.24) is 4.90 Å². The van der Waals surface area contributed by atoms with Crippen molar-refractivity contribution in [1.29, 1.82) is 0 Å². The predicted molar refractivity (Wildman–Crippen MR) is 36.1 cm³/mol. The van der Waals surface area contributed by atoms with Gasteiger partial charge in [-0.25, -0.2) is 4.79 Å². The first-order chi connectivity index (χ1) is 4.70. The average molecular weight is 137 g/mol. The first-order valence-electron chi connectivity index (χ1n) is 2.80. The van der Waals surface area contributed by atoms with Crippen molar-refractivity contribution in [3.63, 3.8) is 0 Å². The first-order valence-corrected chi connectivity index (χ1v) is 2.80. The van der Waals surface area contributed by atoms with Crippen molar-refractivity contribution in [3.05, 3.63) is 29.8 Å². The molecule has 0 saturated heterocycles. The Morgan fingerprint density at radius 3 is 2.90 bits per heavy atom. The van der Waals surface area contributed by atoms with Crippen molar-refractivity contribution in [2.45, 2.75) is 0 Å². The summed E-state index contributed by atoms with van der Waals surface area (Å²) >= 11 is 0. The van der Waals surface area contributed by atoms with Crippen molar-refractivity contribution in [2.75, 3.05) is 7.05 Å². The minimum Gasteiger partial charge on any atom is -0.478 e. The summed E-state index contributed by atoms with van der Waals surface area (Å²) in [7, 11) is 1.75. The Kier molecular flexibility index (Phi) is 1.61. The van der Waals surface area contributed by atoms with Crippen LogP contribution in [-0.2, 0) is 4.79 Å². The summed E-state index contributed by atoms with van der Waals surface area (Å²) in [5.74, 6) is -0.924. The lowest BCUT2D eigenvalue weighted by Crippen LogP contribution is -2.08. The molecule has 1 rings (SSSR count). The summed E-state index contributed by atoms with van der Waals surface area (Å²) in [6, 6.07) is 0. The summed E-state index contributed by atoms with van der Waals surface area (Å²) in [5, 5.41) is 8.48. The molecule has 0 aromatic heterocycles. The van der Waals surface area contributed by atoms with E-state index in [1.807, 2.05) is 0 Å². The van der Waals surface area contributed by atoms with E-state index >= 15 is 0 Å². The molecular formula is C7H7NO2. The lowest BCUT2D eigenvalue weighted by molar-refractivity contribution is -0.132. The van der Waals surface area contributed by atoms with E-state index in [0.717, 1.165) is 0 Å². The molecule has 1 aliphatic rings. The van der Waals surface area contributed by atoms with Crippen LogP contribution in [0.4, 0.5) is 0 Å². The molecule has 0 aliphatic carbocycles. The second kappa shape index (κ2) is 2.42. The highest BCUT2D eigenvalue weighted by Crippen LogP contribution is 2.02. The third-order valence-electron chi connectivity index (χ3n) is 1.11.